The van der Waals surface area contributed by atoms with Crippen LogP contribution in [-0.2, 0) is 0 Å². The van der Waals surface area contributed by atoms with E-state index < -0.39 is 0 Å². The summed E-state index contributed by atoms with van der Waals surface area (Å²) in [5, 5.41) is 14.4. The van der Waals surface area contributed by atoms with E-state index in [1.165, 1.54) is 51.1 Å². The average molecular weight is 250 g/mol. The van der Waals surface area contributed by atoms with Gasteiger partial charge in [0.05, 0.1) is 10.6 Å². The normalized spacial score (nSPS) is 36.3. The molecule has 1 spiro atoms. The van der Waals surface area contributed by atoms with Gasteiger partial charge in [0.15, 0.2) is 0 Å². The third-order valence-corrected chi connectivity index (χ3v) is 5.33. The third kappa shape index (κ3) is 1.82. The highest BCUT2D eigenvalue weighted by atomic mass is 16.6. The van der Waals surface area contributed by atoms with Crippen molar-refractivity contribution in [2.45, 2.75) is 63.8 Å². The SMILES string of the molecule is O=[N+]([O-])/C=C1\NC2CCCCC2C12CCCCC2. The van der Waals surface area contributed by atoms with Crippen molar-refractivity contribution in [3.63, 3.8) is 0 Å². The van der Waals surface area contributed by atoms with Crippen molar-refractivity contribution in [3.05, 3.63) is 22.0 Å². The molecular weight excluding hydrogens is 228 g/mol. The van der Waals surface area contributed by atoms with E-state index in [-0.39, 0.29) is 10.3 Å². The Morgan fingerprint density at radius 3 is 2.61 bits per heavy atom. The summed E-state index contributed by atoms with van der Waals surface area (Å²) in [6.07, 6.45) is 12.4. The van der Waals surface area contributed by atoms with Crippen molar-refractivity contribution < 1.29 is 4.92 Å². The third-order valence-electron chi connectivity index (χ3n) is 5.33. The smallest absolute Gasteiger partial charge is 0.253 e. The first kappa shape index (κ1) is 12.0. The molecule has 100 valence electrons. The molecule has 0 bridgehead atoms. The van der Waals surface area contributed by atoms with E-state index in [0.29, 0.717) is 12.0 Å². The molecule has 1 N–H and O–H groups in total. The molecule has 0 aromatic heterocycles. The van der Waals surface area contributed by atoms with Gasteiger partial charge in [0, 0.05) is 11.5 Å². The number of hydrogen-bond donors (Lipinski definition) is 1. The molecule has 1 saturated heterocycles. The Kier molecular flexibility index (Phi) is 3.04. The Balaban J connectivity index is 1.95. The van der Waals surface area contributed by atoms with E-state index in [9.17, 15) is 10.1 Å². The fraction of sp³-hybridized carbons (Fsp3) is 0.857. The molecule has 2 aliphatic carbocycles. The predicted molar refractivity (Wildman–Crippen MR) is 69.5 cm³/mol. The van der Waals surface area contributed by atoms with Crippen molar-refractivity contribution in [2.75, 3.05) is 0 Å². The minimum Gasteiger partial charge on any atom is -0.380 e. The highest BCUT2D eigenvalue weighted by molar-refractivity contribution is 5.23. The first-order chi connectivity index (χ1) is 8.72. The van der Waals surface area contributed by atoms with Crippen LogP contribution < -0.4 is 5.32 Å². The minimum absolute atomic E-state index is 0.121. The first-order valence-electron chi connectivity index (χ1n) is 7.35. The second-order valence-electron chi connectivity index (χ2n) is 6.19. The Morgan fingerprint density at radius 1 is 1.17 bits per heavy atom. The summed E-state index contributed by atoms with van der Waals surface area (Å²) in [6, 6.07) is 0.503. The summed E-state index contributed by atoms with van der Waals surface area (Å²) in [5.74, 6) is 0.651. The van der Waals surface area contributed by atoms with Crippen molar-refractivity contribution in [3.8, 4) is 0 Å². The lowest BCUT2D eigenvalue weighted by atomic mass is 9.62. The van der Waals surface area contributed by atoms with Gasteiger partial charge in [-0.25, -0.2) is 0 Å². The van der Waals surface area contributed by atoms with Crippen LogP contribution in [0.3, 0.4) is 0 Å². The van der Waals surface area contributed by atoms with E-state index >= 15 is 0 Å². The van der Waals surface area contributed by atoms with Crippen LogP contribution in [0.4, 0.5) is 0 Å². The largest absolute Gasteiger partial charge is 0.380 e. The zero-order valence-electron chi connectivity index (χ0n) is 10.9. The summed E-state index contributed by atoms with van der Waals surface area (Å²) < 4.78 is 0. The van der Waals surface area contributed by atoms with Gasteiger partial charge < -0.3 is 5.32 Å². The lowest BCUT2D eigenvalue weighted by Gasteiger charge is -2.40. The van der Waals surface area contributed by atoms with Gasteiger partial charge in [-0.3, -0.25) is 10.1 Å². The number of fused-ring (bicyclic) bond motifs is 2. The molecule has 1 heterocycles. The van der Waals surface area contributed by atoms with Gasteiger partial charge in [0.25, 0.3) is 6.20 Å². The minimum atomic E-state index is -0.268. The number of allylic oxidation sites excluding steroid dienone is 1. The highest BCUT2D eigenvalue weighted by Gasteiger charge is 2.53. The lowest BCUT2D eigenvalue weighted by Crippen LogP contribution is -2.36. The zero-order valence-corrected chi connectivity index (χ0v) is 10.9. The molecule has 3 aliphatic rings. The van der Waals surface area contributed by atoms with Gasteiger partial charge in [-0.05, 0) is 31.6 Å². The maximum Gasteiger partial charge on any atom is 0.253 e. The van der Waals surface area contributed by atoms with Crippen molar-refractivity contribution in [1.82, 2.24) is 5.32 Å². The molecule has 1 aliphatic heterocycles. The topological polar surface area (TPSA) is 55.2 Å². The average Bonchev–Trinajstić information content (AvgIpc) is 2.65. The molecule has 2 atom stereocenters. The fourth-order valence-electron chi connectivity index (χ4n) is 4.60. The Labute approximate surface area is 108 Å². The number of nitro groups is 1. The van der Waals surface area contributed by atoms with Crippen LogP contribution in [-0.4, -0.2) is 11.0 Å². The summed E-state index contributed by atoms with van der Waals surface area (Å²) in [5.41, 5.74) is 1.07. The van der Waals surface area contributed by atoms with Crippen LogP contribution in [0, 0.1) is 21.4 Å². The summed E-state index contributed by atoms with van der Waals surface area (Å²) in [4.78, 5) is 10.6. The molecule has 4 heteroatoms. The quantitative estimate of drug-likeness (QED) is 0.574. The molecule has 2 unspecified atom stereocenters. The Hall–Kier alpha value is -1.06. The lowest BCUT2D eigenvalue weighted by molar-refractivity contribution is -0.404. The van der Waals surface area contributed by atoms with Gasteiger partial charge in [-0.2, -0.15) is 0 Å². The number of rotatable bonds is 1. The number of nitrogens with zero attached hydrogens (tertiary/aromatic N) is 1. The van der Waals surface area contributed by atoms with E-state index in [1.807, 2.05) is 0 Å². The van der Waals surface area contributed by atoms with Crippen LogP contribution >= 0.6 is 0 Å². The zero-order chi connectivity index (χ0) is 12.6. The highest BCUT2D eigenvalue weighted by Crippen LogP contribution is 2.56. The van der Waals surface area contributed by atoms with Crippen LogP contribution in [0.1, 0.15) is 57.8 Å². The van der Waals surface area contributed by atoms with E-state index in [4.69, 9.17) is 0 Å². The van der Waals surface area contributed by atoms with Crippen LogP contribution in [0.15, 0.2) is 11.9 Å². The molecule has 0 aromatic carbocycles. The molecule has 0 radical (unpaired) electrons. The molecule has 2 saturated carbocycles. The van der Waals surface area contributed by atoms with Gasteiger partial charge >= 0.3 is 0 Å². The van der Waals surface area contributed by atoms with Crippen LogP contribution in [0.25, 0.3) is 0 Å². The summed E-state index contributed by atoms with van der Waals surface area (Å²) in [6.45, 7) is 0. The van der Waals surface area contributed by atoms with E-state index in [2.05, 4.69) is 5.32 Å². The Morgan fingerprint density at radius 2 is 1.89 bits per heavy atom. The van der Waals surface area contributed by atoms with Crippen molar-refractivity contribution in [2.24, 2.45) is 11.3 Å². The van der Waals surface area contributed by atoms with E-state index in [1.54, 1.807) is 0 Å². The van der Waals surface area contributed by atoms with Crippen LogP contribution in [0.5, 0.6) is 0 Å². The van der Waals surface area contributed by atoms with Gasteiger partial charge in [-0.15, -0.1) is 0 Å². The van der Waals surface area contributed by atoms with Crippen molar-refractivity contribution >= 4 is 0 Å². The second-order valence-corrected chi connectivity index (χ2v) is 6.19. The van der Waals surface area contributed by atoms with Gasteiger partial charge in [0.1, 0.15) is 0 Å². The summed E-state index contributed by atoms with van der Waals surface area (Å²) >= 11 is 0. The molecule has 3 fully saturated rings. The number of hydrogen-bond acceptors (Lipinski definition) is 3. The number of nitrogens with one attached hydrogen (secondary N) is 1. The first-order valence-corrected chi connectivity index (χ1v) is 7.35. The maximum absolute atomic E-state index is 10.9. The monoisotopic (exact) mass is 250 g/mol. The standard InChI is InChI=1S/C14H22N2O2/c17-16(18)10-13-14(8-4-1-5-9-14)11-6-2-3-7-12(11)15-13/h10-12,15H,1-9H2/b13-10-. The molecular formula is C14H22N2O2. The summed E-state index contributed by atoms with van der Waals surface area (Å²) in [7, 11) is 0. The maximum atomic E-state index is 10.9. The predicted octanol–water partition coefficient (Wildman–Crippen LogP) is 3.22. The second kappa shape index (κ2) is 4.56. The van der Waals surface area contributed by atoms with E-state index in [0.717, 1.165) is 18.5 Å². The van der Waals surface area contributed by atoms with Crippen LogP contribution in [0.2, 0.25) is 0 Å². The van der Waals surface area contributed by atoms with Gasteiger partial charge in [-0.1, -0.05) is 32.1 Å². The van der Waals surface area contributed by atoms with Gasteiger partial charge in [0.2, 0.25) is 0 Å². The Bertz CT molecular complexity index is 372. The molecule has 3 rings (SSSR count). The molecule has 0 aromatic rings. The fourth-order valence-corrected chi connectivity index (χ4v) is 4.60. The molecule has 0 amide bonds. The molecule has 4 nitrogen and oxygen atoms in total. The van der Waals surface area contributed by atoms with Crippen molar-refractivity contribution in [1.29, 1.82) is 0 Å². The molecule has 18 heavy (non-hydrogen) atoms.